The summed E-state index contributed by atoms with van der Waals surface area (Å²) < 4.78 is 18.6. The molecule has 0 atom stereocenters. The highest BCUT2D eigenvalue weighted by Gasteiger charge is 2.18. The number of nitrogens with zero attached hydrogens (tertiary/aromatic N) is 3. The molecule has 0 N–H and O–H groups in total. The van der Waals surface area contributed by atoms with Crippen molar-refractivity contribution in [3.63, 3.8) is 0 Å². The normalized spacial score (nSPS) is 11.4. The third kappa shape index (κ3) is 6.38. The van der Waals surface area contributed by atoms with Crippen LogP contribution in [0.3, 0.4) is 0 Å². The van der Waals surface area contributed by atoms with Crippen LogP contribution in [0, 0.1) is 6.92 Å². The number of para-hydroxylation sites is 1. The van der Waals surface area contributed by atoms with Crippen molar-refractivity contribution in [2.75, 3.05) is 14.2 Å². The molecule has 5 aromatic rings. The van der Waals surface area contributed by atoms with Crippen molar-refractivity contribution in [2.45, 2.75) is 33.3 Å². The molecule has 0 amide bonds. The Bertz CT molecular complexity index is 1900. The predicted octanol–water partition coefficient (Wildman–Crippen LogP) is 8.28. The standard InChI is InChI=1S/C34H31Cl2N3O4/c1-20(2)26-17-27(21(3)14-31(26)41-4)33-38-29-9-7-6-8-25(29)34(40)39(33)37-18-22-10-13-30(32(15-22)42-5)43-19-23-11-12-24(35)16-28(23)36/h6-18,20H,19H2,1-5H3. The number of halogens is 2. The molecule has 4 aromatic carbocycles. The maximum absolute atomic E-state index is 13.8. The lowest BCUT2D eigenvalue weighted by molar-refractivity contribution is 0.284. The lowest BCUT2D eigenvalue weighted by Crippen LogP contribution is -2.20. The lowest BCUT2D eigenvalue weighted by Gasteiger charge is -2.17. The Labute approximate surface area is 260 Å². The van der Waals surface area contributed by atoms with Gasteiger partial charge >= 0.3 is 0 Å². The Balaban J connectivity index is 1.55. The Kier molecular flexibility index (Phi) is 9.04. The van der Waals surface area contributed by atoms with E-state index in [2.05, 4.69) is 18.9 Å². The summed E-state index contributed by atoms with van der Waals surface area (Å²) in [4.78, 5) is 18.7. The van der Waals surface area contributed by atoms with E-state index in [0.29, 0.717) is 43.8 Å². The van der Waals surface area contributed by atoms with Gasteiger partial charge in [0.05, 0.1) is 31.3 Å². The first kappa shape index (κ1) is 30.1. The van der Waals surface area contributed by atoms with Gasteiger partial charge in [-0.05, 0) is 84.1 Å². The minimum Gasteiger partial charge on any atom is -0.496 e. The second-order valence-electron chi connectivity index (χ2n) is 10.3. The second-order valence-corrected chi connectivity index (χ2v) is 11.2. The molecule has 220 valence electrons. The number of methoxy groups -OCH3 is 2. The predicted molar refractivity (Wildman–Crippen MR) is 174 cm³/mol. The van der Waals surface area contributed by atoms with E-state index in [0.717, 1.165) is 28.0 Å². The largest absolute Gasteiger partial charge is 0.496 e. The maximum atomic E-state index is 13.8. The molecule has 0 aliphatic heterocycles. The molecule has 7 nitrogen and oxygen atoms in total. The van der Waals surface area contributed by atoms with Crippen LogP contribution in [0.1, 0.15) is 42.0 Å². The summed E-state index contributed by atoms with van der Waals surface area (Å²) in [5.74, 6) is 2.47. The Hall–Kier alpha value is -4.33. The van der Waals surface area contributed by atoms with Crippen molar-refractivity contribution in [3.8, 4) is 28.6 Å². The van der Waals surface area contributed by atoms with E-state index >= 15 is 0 Å². The molecule has 43 heavy (non-hydrogen) atoms. The summed E-state index contributed by atoms with van der Waals surface area (Å²) in [5.41, 5.74) is 4.55. The zero-order chi connectivity index (χ0) is 30.7. The molecule has 1 heterocycles. The SMILES string of the molecule is COc1cc(C=Nn2c(-c3cc(C(C)C)c(OC)cc3C)nc3ccccc3c2=O)ccc1OCc1ccc(Cl)cc1Cl. The van der Waals surface area contributed by atoms with Crippen LogP contribution in [-0.2, 0) is 6.61 Å². The van der Waals surface area contributed by atoms with E-state index in [1.807, 2.05) is 49.4 Å². The van der Waals surface area contributed by atoms with E-state index in [1.54, 1.807) is 50.8 Å². The molecular formula is C34H31Cl2N3O4. The molecule has 0 saturated carbocycles. The Morgan fingerprint density at radius 1 is 0.930 bits per heavy atom. The van der Waals surface area contributed by atoms with Crippen LogP contribution in [-0.4, -0.2) is 30.1 Å². The van der Waals surface area contributed by atoms with E-state index in [-0.39, 0.29) is 18.1 Å². The first-order valence-electron chi connectivity index (χ1n) is 13.7. The zero-order valence-electron chi connectivity index (χ0n) is 24.5. The molecular weight excluding hydrogens is 585 g/mol. The fraction of sp³-hybridized carbons (Fsp3) is 0.206. The lowest BCUT2D eigenvalue weighted by atomic mass is 9.96. The fourth-order valence-electron chi connectivity index (χ4n) is 4.77. The average molecular weight is 617 g/mol. The van der Waals surface area contributed by atoms with Crippen LogP contribution in [0.25, 0.3) is 22.3 Å². The van der Waals surface area contributed by atoms with Crippen LogP contribution < -0.4 is 19.8 Å². The zero-order valence-corrected chi connectivity index (χ0v) is 26.0. The average Bonchev–Trinajstić information content (AvgIpc) is 3.00. The Morgan fingerprint density at radius 2 is 1.70 bits per heavy atom. The fourth-order valence-corrected chi connectivity index (χ4v) is 5.24. The molecule has 1 aromatic heterocycles. The number of benzene rings is 4. The molecule has 0 bridgehead atoms. The number of fused-ring (bicyclic) bond motifs is 1. The molecule has 0 fully saturated rings. The summed E-state index contributed by atoms with van der Waals surface area (Å²) >= 11 is 12.3. The van der Waals surface area contributed by atoms with Crippen LogP contribution in [0.4, 0.5) is 0 Å². The van der Waals surface area contributed by atoms with Gasteiger partial charge in [0.25, 0.3) is 5.56 Å². The number of hydrogen-bond acceptors (Lipinski definition) is 6. The van der Waals surface area contributed by atoms with E-state index < -0.39 is 0 Å². The summed E-state index contributed by atoms with van der Waals surface area (Å²) in [5, 5.41) is 6.19. The van der Waals surface area contributed by atoms with Gasteiger partial charge < -0.3 is 14.2 Å². The van der Waals surface area contributed by atoms with Crippen LogP contribution in [0.15, 0.2) is 82.7 Å². The van der Waals surface area contributed by atoms with E-state index in [9.17, 15) is 4.79 Å². The first-order valence-corrected chi connectivity index (χ1v) is 14.5. The minimum absolute atomic E-state index is 0.197. The topological polar surface area (TPSA) is 74.9 Å². The molecule has 0 spiro atoms. The molecule has 0 aliphatic rings. The highest BCUT2D eigenvalue weighted by molar-refractivity contribution is 6.35. The second kappa shape index (κ2) is 12.9. The van der Waals surface area contributed by atoms with Gasteiger partial charge in [0.15, 0.2) is 17.3 Å². The molecule has 0 radical (unpaired) electrons. The molecule has 0 unspecified atom stereocenters. The first-order chi connectivity index (χ1) is 20.7. The monoisotopic (exact) mass is 615 g/mol. The van der Waals surface area contributed by atoms with Crippen molar-refractivity contribution in [3.05, 3.63) is 115 Å². The van der Waals surface area contributed by atoms with Gasteiger partial charge in [-0.2, -0.15) is 9.78 Å². The van der Waals surface area contributed by atoms with Crippen LogP contribution in [0.5, 0.6) is 17.2 Å². The van der Waals surface area contributed by atoms with Gasteiger partial charge in [-0.3, -0.25) is 4.79 Å². The third-order valence-electron chi connectivity index (χ3n) is 7.10. The van der Waals surface area contributed by atoms with Gasteiger partial charge in [-0.25, -0.2) is 4.98 Å². The van der Waals surface area contributed by atoms with Gasteiger partial charge in [0, 0.05) is 21.2 Å². The highest BCUT2D eigenvalue weighted by Crippen LogP contribution is 2.34. The molecule has 0 saturated heterocycles. The number of aromatic nitrogens is 2. The minimum atomic E-state index is -0.273. The van der Waals surface area contributed by atoms with Crippen molar-refractivity contribution in [1.82, 2.24) is 9.66 Å². The summed E-state index contributed by atoms with van der Waals surface area (Å²) in [7, 11) is 3.22. The number of ether oxygens (including phenoxy) is 3. The third-order valence-corrected chi connectivity index (χ3v) is 7.69. The van der Waals surface area contributed by atoms with E-state index in [4.69, 9.17) is 42.4 Å². The van der Waals surface area contributed by atoms with Gasteiger partial charge in [-0.1, -0.05) is 55.2 Å². The Morgan fingerprint density at radius 3 is 2.42 bits per heavy atom. The smallest absolute Gasteiger partial charge is 0.282 e. The maximum Gasteiger partial charge on any atom is 0.282 e. The number of aryl methyl sites for hydroxylation is 1. The number of rotatable bonds is 9. The van der Waals surface area contributed by atoms with Crippen molar-refractivity contribution < 1.29 is 14.2 Å². The van der Waals surface area contributed by atoms with Crippen molar-refractivity contribution >= 4 is 40.3 Å². The van der Waals surface area contributed by atoms with E-state index in [1.165, 1.54) is 4.68 Å². The molecule has 5 rings (SSSR count). The quantitative estimate of drug-likeness (QED) is 0.156. The van der Waals surface area contributed by atoms with Gasteiger partial charge in [0.2, 0.25) is 0 Å². The highest BCUT2D eigenvalue weighted by atomic mass is 35.5. The summed E-state index contributed by atoms with van der Waals surface area (Å²) in [6, 6.07) is 21.9. The van der Waals surface area contributed by atoms with Crippen LogP contribution in [0.2, 0.25) is 10.0 Å². The molecule has 0 aliphatic carbocycles. The molecule has 9 heteroatoms. The van der Waals surface area contributed by atoms with Crippen LogP contribution >= 0.6 is 23.2 Å². The number of hydrogen-bond donors (Lipinski definition) is 0. The van der Waals surface area contributed by atoms with Gasteiger partial charge in [0.1, 0.15) is 12.4 Å². The van der Waals surface area contributed by atoms with Crippen molar-refractivity contribution in [2.24, 2.45) is 5.10 Å². The summed E-state index contributed by atoms with van der Waals surface area (Å²) in [6.07, 6.45) is 1.60. The summed E-state index contributed by atoms with van der Waals surface area (Å²) in [6.45, 7) is 6.40. The van der Waals surface area contributed by atoms with Gasteiger partial charge in [-0.15, -0.1) is 0 Å². The van der Waals surface area contributed by atoms with Crippen molar-refractivity contribution in [1.29, 1.82) is 0 Å².